The molecule has 3 saturated carbocycles. The molecule has 4 aliphatic carbocycles. The van der Waals surface area contributed by atoms with Gasteiger partial charge < -0.3 is 20.0 Å². The minimum absolute atomic E-state index is 0.0533. The molecule has 0 bridgehead atoms. The van der Waals surface area contributed by atoms with Crippen LogP contribution in [-0.4, -0.2) is 24.4 Å². The second-order valence-electron chi connectivity index (χ2n) is 11.0. The number of allylic oxidation sites excluding steroid dienone is 1. The first-order chi connectivity index (χ1) is 14.4. The highest BCUT2D eigenvalue weighted by Crippen LogP contribution is 2.69. The summed E-state index contributed by atoms with van der Waals surface area (Å²) in [6.45, 7) is 6.40. The summed E-state index contributed by atoms with van der Waals surface area (Å²) in [4.78, 5) is 0. The summed E-state index contributed by atoms with van der Waals surface area (Å²) >= 11 is 0. The van der Waals surface area contributed by atoms with E-state index in [1.165, 1.54) is 25.7 Å². The van der Waals surface area contributed by atoms with Crippen LogP contribution < -0.4 is 5.73 Å². The van der Waals surface area contributed by atoms with Gasteiger partial charge in [-0.1, -0.05) is 25.5 Å². The van der Waals surface area contributed by atoms with E-state index >= 15 is 0 Å². The number of aliphatic hydroxyl groups is 1. The molecule has 0 aromatic carbocycles. The van der Waals surface area contributed by atoms with E-state index in [0.29, 0.717) is 29.9 Å². The number of rotatable bonds is 5. The molecule has 0 aliphatic heterocycles. The lowest BCUT2D eigenvalue weighted by atomic mass is 9.46. The average Bonchev–Trinajstić information content (AvgIpc) is 3.36. The monoisotopic (exact) mass is 413 g/mol. The van der Waals surface area contributed by atoms with Crippen LogP contribution in [0.4, 0.5) is 0 Å². The van der Waals surface area contributed by atoms with Gasteiger partial charge in [0.2, 0.25) is 0 Å². The lowest BCUT2D eigenvalue weighted by Crippen LogP contribution is -2.53. The number of fused-ring (bicyclic) bond motifs is 5. The van der Waals surface area contributed by atoms with Gasteiger partial charge in [0.15, 0.2) is 0 Å². The van der Waals surface area contributed by atoms with Crippen molar-refractivity contribution < 1.29 is 14.3 Å². The number of ether oxygens (including phenoxy) is 1. The second kappa shape index (κ2) is 7.50. The van der Waals surface area contributed by atoms with Crippen molar-refractivity contribution in [1.82, 2.24) is 0 Å². The number of nitrogens with two attached hydrogens (primary N) is 1. The Hall–Kier alpha value is -1.10. The van der Waals surface area contributed by atoms with Gasteiger partial charge in [-0.15, -0.1) is 0 Å². The summed E-state index contributed by atoms with van der Waals surface area (Å²) in [5.74, 6) is 2.02. The molecule has 2 unspecified atom stereocenters. The molecular formula is C26H39NO3. The Labute approximate surface area is 181 Å². The third-order valence-electron chi connectivity index (χ3n) is 9.91. The normalized spacial score (nSPS) is 45.4. The van der Waals surface area contributed by atoms with E-state index in [1.807, 2.05) is 6.07 Å². The van der Waals surface area contributed by atoms with Gasteiger partial charge >= 0.3 is 0 Å². The third-order valence-corrected chi connectivity index (χ3v) is 9.91. The number of furan rings is 1. The zero-order valence-electron chi connectivity index (χ0n) is 18.7. The molecule has 30 heavy (non-hydrogen) atoms. The predicted molar refractivity (Wildman–Crippen MR) is 118 cm³/mol. The van der Waals surface area contributed by atoms with Gasteiger partial charge in [0.05, 0.1) is 24.2 Å². The molecule has 0 radical (unpaired) electrons. The van der Waals surface area contributed by atoms with E-state index < -0.39 is 5.60 Å². The molecule has 4 heteroatoms. The van der Waals surface area contributed by atoms with Gasteiger partial charge in [0, 0.05) is 17.6 Å². The predicted octanol–water partition coefficient (Wildman–Crippen LogP) is 5.16. The highest BCUT2D eigenvalue weighted by Gasteiger charge is 2.64. The maximum Gasteiger partial charge on any atom is 0.0983 e. The fourth-order valence-electron chi connectivity index (χ4n) is 8.09. The Kier molecular flexibility index (Phi) is 5.19. The van der Waals surface area contributed by atoms with Gasteiger partial charge in [0.25, 0.3) is 0 Å². The lowest BCUT2D eigenvalue weighted by Gasteiger charge is -2.59. The second-order valence-corrected chi connectivity index (χ2v) is 11.0. The van der Waals surface area contributed by atoms with Crippen LogP contribution in [0.15, 0.2) is 34.7 Å². The summed E-state index contributed by atoms with van der Waals surface area (Å²) < 4.78 is 11.5. The fraction of sp³-hybridized carbons (Fsp3) is 0.769. The molecule has 166 valence electrons. The molecule has 5 rings (SSSR count). The smallest absolute Gasteiger partial charge is 0.0983 e. The molecule has 3 fully saturated rings. The molecule has 1 aromatic rings. The largest absolute Gasteiger partial charge is 0.472 e. The molecule has 4 aliphatic rings. The van der Waals surface area contributed by atoms with E-state index in [0.717, 1.165) is 50.2 Å². The molecule has 7 atom stereocenters. The Bertz CT molecular complexity index is 788. The Morgan fingerprint density at radius 2 is 2.00 bits per heavy atom. The SMILES string of the molecule is C[C@]12CCC(OCCCN)CC1=CC[C@@H]1[C@H]2CC[C@@]2(C)[C@H]1CCC2(O)c1ccoc1. The first-order valence-electron chi connectivity index (χ1n) is 12.2. The summed E-state index contributed by atoms with van der Waals surface area (Å²) in [6.07, 6.45) is 16.4. The van der Waals surface area contributed by atoms with E-state index in [9.17, 15) is 5.11 Å². The van der Waals surface area contributed by atoms with Crippen molar-refractivity contribution in [2.24, 2.45) is 34.3 Å². The Morgan fingerprint density at radius 3 is 2.77 bits per heavy atom. The van der Waals surface area contributed by atoms with Crippen molar-refractivity contribution in [3.8, 4) is 0 Å². The molecule has 1 heterocycles. The maximum atomic E-state index is 11.8. The number of hydrogen-bond donors (Lipinski definition) is 2. The molecule has 0 spiro atoms. The van der Waals surface area contributed by atoms with Crippen LogP contribution >= 0.6 is 0 Å². The standard InChI is InChI=1S/C26H39NO3/c1-24-10-6-20(30-14-3-13-27)16-18(24)4-5-21-22(24)7-11-25(2)23(21)8-12-26(25,28)19-9-15-29-17-19/h4,9,15,17,20-23,28H,3,5-8,10-14,16,27H2,1-2H3/t20?,21-,22-,23+,24+,25+,26?/m1/s1. The van der Waals surface area contributed by atoms with Crippen LogP contribution in [0.1, 0.15) is 77.2 Å². The summed E-state index contributed by atoms with van der Waals surface area (Å²) in [5, 5.41) is 11.8. The van der Waals surface area contributed by atoms with Gasteiger partial charge in [-0.05, 0) is 93.6 Å². The minimum atomic E-state index is -0.741. The summed E-state index contributed by atoms with van der Waals surface area (Å²) in [7, 11) is 0. The van der Waals surface area contributed by atoms with E-state index in [4.69, 9.17) is 14.9 Å². The van der Waals surface area contributed by atoms with Gasteiger partial charge in [-0.2, -0.15) is 0 Å². The van der Waals surface area contributed by atoms with Crippen molar-refractivity contribution in [2.45, 2.75) is 83.3 Å². The molecule has 1 aromatic heterocycles. The topological polar surface area (TPSA) is 68.6 Å². The molecule has 0 saturated heterocycles. The maximum absolute atomic E-state index is 11.8. The van der Waals surface area contributed by atoms with Crippen LogP contribution in [0.25, 0.3) is 0 Å². The van der Waals surface area contributed by atoms with Crippen molar-refractivity contribution >= 4 is 0 Å². The zero-order valence-corrected chi connectivity index (χ0v) is 18.7. The van der Waals surface area contributed by atoms with Gasteiger partial charge in [0.1, 0.15) is 0 Å². The van der Waals surface area contributed by atoms with E-state index in [1.54, 1.807) is 18.1 Å². The van der Waals surface area contributed by atoms with Crippen LogP contribution in [0, 0.1) is 28.6 Å². The van der Waals surface area contributed by atoms with E-state index in [2.05, 4.69) is 19.9 Å². The minimum Gasteiger partial charge on any atom is -0.472 e. The van der Waals surface area contributed by atoms with Gasteiger partial charge in [-0.25, -0.2) is 0 Å². The Balaban J connectivity index is 1.37. The van der Waals surface area contributed by atoms with Crippen molar-refractivity contribution in [3.05, 3.63) is 35.8 Å². The lowest BCUT2D eigenvalue weighted by molar-refractivity contribution is -0.130. The molecular weight excluding hydrogens is 374 g/mol. The zero-order chi connectivity index (χ0) is 21.0. The first-order valence-corrected chi connectivity index (χ1v) is 12.2. The molecule has 4 nitrogen and oxygen atoms in total. The van der Waals surface area contributed by atoms with Crippen LogP contribution in [0.3, 0.4) is 0 Å². The van der Waals surface area contributed by atoms with Crippen LogP contribution in [0.5, 0.6) is 0 Å². The highest BCUT2D eigenvalue weighted by atomic mass is 16.5. The van der Waals surface area contributed by atoms with E-state index in [-0.39, 0.29) is 5.41 Å². The summed E-state index contributed by atoms with van der Waals surface area (Å²) in [5.41, 5.74) is 7.79. The van der Waals surface area contributed by atoms with Crippen molar-refractivity contribution in [2.75, 3.05) is 13.2 Å². The highest BCUT2D eigenvalue weighted by molar-refractivity contribution is 5.29. The van der Waals surface area contributed by atoms with Crippen molar-refractivity contribution in [1.29, 1.82) is 0 Å². The fourth-order valence-corrected chi connectivity index (χ4v) is 8.09. The molecule has 0 amide bonds. The third kappa shape index (κ3) is 2.90. The van der Waals surface area contributed by atoms with Crippen LogP contribution in [-0.2, 0) is 10.3 Å². The Morgan fingerprint density at radius 1 is 1.17 bits per heavy atom. The van der Waals surface area contributed by atoms with Crippen LogP contribution in [0.2, 0.25) is 0 Å². The van der Waals surface area contributed by atoms with Crippen molar-refractivity contribution in [3.63, 3.8) is 0 Å². The molecule has 3 N–H and O–H groups in total. The average molecular weight is 414 g/mol. The quantitative estimate of drug-likeness (QED) is 0.516. The van der Waals surface area contributed by atoms with Gasteiger partial charge in [-0.3, -0.25) is 0 Å². The first kappa shape index (κ1) is 20.8. The number of hydrogen-bond acceptors (Lipinski definition) is 4. The summed E-state index contributed by atoms with van der Waals surface area (Å²) in [6, 6.07) is 1.98.